The third-order valence-corrected chi connectivity index (χ3v) is 3.46. The summed E-state index contributed by atoms with van der Waals surface area (Å²) < 4.78 is 6.10. The van der Waals surface area contributed by atoms with Crippen LogP contribution >= 0.6 is 0 Å². The van der Waals surface area contributed by atoms with Crippen molar-refractivity contribution in [2.24, 2.45) is 0 Å². The number of aryl methyl sites for hydroxylation is 2. The molecule has 112 valence electrons. The van der Waals surface area contributed by atoms with E-state index in [0.717, 1.165) is 12.3 Å². The van der Waals surface area contributed by atoms with Crippen LogP contribution in [0.4, 0.5) is 0 Å². The summed E-state index contributed by atoms with van der Waals surface area (Å²) in [6.07, 6.45) is 0. The van der Waals surface area contributed by atoms with E-state index in [1.807, 2.05) is 0 Å². The van der Waals surface area contributed by atoms with Gasteiger partial charge < -0.3 is 10.1 Å². The molecular formula is C19H25NO. The highest BCUT2D eigenvalue weighted by molar-refractivity contribution is 5.41. The first-order valence-corrected chi connectivity index (χ1v) is 7.56. The van der Waals surface area contributed by atoms with Crippen LogP contribution in [0.1, 0.15) is 36.1 Å². The lowest BCUT2D eigenvalue weighted by molar-refractivity contribution is 0.299. The summed E-state index contributed by atoms with van der Waals surface area (Å²) in [5, 5.41) is 3.46. The maximum atomic E-state index is 6.10. The molecule has 1 N–H and O–H groups in total. The van der Waals surface area contributed by atoms with Gasteiger partial charge in [0, 0.05) is 18.2 Å². The zero-order valence-electron chi connectivity index (χ0n) is 13.4. The minimum Gasteiger partial charge on any atom is -0.488 e. The van der Waals surface area contributed by atoms with Crippen LogP contribution in [0, 0.1) is 13.8 Å². The smallest absolute Gasteiger partial charge is 0.127 e. The third-order valence-electron chi connectivity index (χ3n) is 3.46. The number of hydrogen-bond acceptors (Lipinski definition) is 2. The number of benzene rings is 2. The van der Waals surface area contributed by atoms with Gasteiger partial charge in [0.25, 0.3) is 0 Å². The van der Waals surface area contributed by atoms with E-state index >= 15 is 0 Å². The summed E-state index contributed by atoms with van der Waals surface area (Å²) in [6.45, 7) is 9.97. The summed E-state index contributed by atoms with van der Waals surface area (Å²) >= 11 is 0. The van der Waals surface area contributed by atoms with Crippen LogP contribution in [0.5, 0.6) is 5.75 Å². The molecule has 0 saturated heterocycles. The molecule has 0 fully saturated rings. The normalized spacial score (nSPS) is 10.9. The zero-order valence-corrected chi connectivity index (χ0v) is 13.4. The Balaban J connectivity index is 2.11. The Morgan fingerprint density at radius 3 is 2.52 bits per heavy atom. The number of nitrogens with one attached hydrogen (secondary N) is 1. The molecule has 0 unspecified atom stereocenters. The Morgan fingerprint density at radius 1 is 1.05 bits per heavy atom. The molecule has 0 aromatic heterocycles. The van der Waals surface area contributed by atoms with Gasteiger partial charge in [0.05, 0.1) is 0 Å². The standard InChI is InChI=1S/C19H25NO/c1-14(2)20-12-18-10-6-8-16(4)19(18)21-13-17-9-5-7-15(3)11-17/h5-11,14,20H,12-13H2,1-4H3. The van der Waals surface area contributed by atoms with Gasteiger partial charge in [0.1, 0.15) is 12.4 Å². The van der Waals surface area contributed by atoms with Gasteiger partial charge in [-0.1, -0.05) is 61.9 Å². The first-order valence-electron chi connectivity index (χ1n) is 7.56. The van der Waals surface area contributed by atoms with E-state index in [1.165, 1.54) is 22.3 Å². The summed E-state index contributed by atoms with van der Waals surface area (Å²) in [5.41, 5.74) is 4.88. The van der Waals surface area contributed by atoms with Gasteiger partial charge in [0.2, 0.25) is 0 Å². The van der Waals surface area contributed by atoms with E-state index in [9.17, 15) is 0 Å². The van der Waals surface area contributed by atoms with Crippen molar-refractivity contribution in [3.63, 3.8) is 0 Å². The topological polar surface area (TPSA) is 21.3 Å². The number of ether oxygens (including phenoxy) is 1. The van der Waals surface area contributed by atoms with E-state index in [0.29, 0.717) is 12.6 Å². The molecule has 2 aromatic rings. The van der Waals surface area contributed by atoms with Crippen LogP contribution < -0.4 is 10.1 Å². The van der Waals surface area contributed by atoms with Gasteiger partial charge in [-0.25, -0.2) is 0 Å². The Kier molecular flexibility index (Phi) is 5.40. The van der Waals surface area contributed by atoms with Crippen LogP contribution in [0.15, 0.2) is 42.5 Å². The molecule has 0 spiro atoms. The fourth-order valence-electron chi connectivity index (χ4n) is 2.33. The van der Waals surface area contributed by atoms with Gasteiger partial charge in [-0.3, -0.25) is 0 Å². The highest BCUT2D eigenvalue weighted by atomic mass is 16.5. The molecule has 2 rings (SSSR count). The van der Waals surface area contributed by atoms with Crippen molar-refractivity contribution < 1.29 is 4.74 Å². The minimum absolute atomic E-state index is 0.468. The molecule has 0 saturated carbocycles. The van der Waals surface area contributed by atoms with Gasteiger partial charge in [-0.15, -0.1) is 0 Å². The van der Waals surface area contributed by atoms with Crippen molar-refractivity contribution in [2.45, 2.75) is 46.9 Å². The Morgan fingerprint density at radius 2 is 1.81 bits per heavy atom. The minimum atomic E-state index is 0.468. The molecule has 2 heteroatoms. The molecule has 0 atom stereocenters. The molecule has 0 bridgehead atoms. The molecule has 0 aliphatic carbocycles. The first kappa shape index (κ1) is 15.6. The molecule has 0 amide bonds. The number of hydrogen-bond donors (Lipinski definition) is 1. The van der Waals surface area contributed by atoms with Crippen molar-refractivity contribution in [1.29, 1.82) is 0 Å². The van der Waals surface area contributed by atoms with Gasteiger partial charge in [0.15, 0.2) is 0 Å². The van der Waals surface area contributed by atoms with E-state index < -0.39 is 0 Å². The number of para-hydroxylation sites is 1. The Bertz CT molecular complexity index is 590. The molecule has 0 aliphatic rings. The SMILES string of the molecule is Cc1cccc(COc2c(C)cccc2CNC(C)C)c1. The second-order valence-corrected chi connectivity index (χ2v) is 5.88. The van der Waals surface area contributed by atoms with E-state index in [1.54, 1.807) is 0 Å². The summed E-state index contributed by atoms with van der Waals surface area (Å²) in [4.78, 5) is 0. The zero-order chi connectivity index (χ0) is 15.2. The number of rotatable bonds is 6. The molecule has 0 aliphatic heterocycles. The fourth-order valence-corrected chi connectivity index (χ4v) is 2.33. The molecular weight excluding hydrogens is 258 g/mol. The monoisotopic (exact) mass is 283 g/mol. The second kappa shape index (κ2) is 7.28. The van der Waals surface area contributed by atoms with E-state index in [4.69, 9.17) is 4.74 Å². The predicted molar refractivity (Wildman–Crippen MR) is 88.7 cm³/mol. The van der Waals surface area contributed by atoms with Crippen molar-refractivity contribution in [3.05, 3.63) is 64.7 Å². The van der Waals surface area contributed by atoms with Gasteiger partial charge in [-0.05, 0) is 25.0 Å². The van der Waals surface area contributed by atoms with Crippen molar-refractivity contribution in [1.82, 2.24) is 5.32 Å². The molecule has 0 radical (unpaired) electrons. The van der Waals surface area contributed by atoms with E-state index in [2.05, 4.69) is 75.5 Å². The first-order chi connectivity index (χ1) is 10.1. The van der Waals surface area contributed by atoms with Crippen LogP contribution in [0.3, 0.4) is 0 Å². The second-order valence-electron chi connectivity index (χ2n) is 5.88. The van der Waals surface area contributed by atoms with Gasteiger partial charge >= 0.3 is 0 Å². The predicted octanol–water partition coefficient (Wildman–Crippen LogP) is 4.38. The average Bonchev–Trinajstić information content (AvgIpc) is 2.44. The van der Waals surface area contributed by atoms with Crippen LogP contribution in [-0.4, -0.2) is 6.04 Å². The lowest BCUT2D eigenvalue weighted by Crippen LogP contribution is -2.22. The fraction of sp³-hybridized carbons (Fsp3) is 0.368. The van der Waals surface area contributed by atoms with Crippen molar-refractivity contribution in [2.75, 3.05) is 0 Å². The highest BCUT2D eigenvalue weighted by Gasteiger charge is 2.08. The Labute approximate surface area is 128 Å². The van der Waals surface area contributed by atoms with E-state index in [-0.39, 0.29) is 0 Å². The maximum absolute atomic E-state index is 6.10. The Hall–Kier alpha value is -1.80. The summed E-state index contributed by atoms with van der Waals surface area (Å²) in [5.74, 6) is 1.01. The molecule has 21 heavy (non-hydrogen) atoms. The molecule has 0 heterocycles. The maximum Gasteiger partial charge on any atom is 0.127 e. The highest BCUT2D eigenvalue weighted by Crippen LogP contribution is 2.24. The van der Waals surface area contributed by atoms with Crippen molar-refractivity contribution in [3.8, 4) is 5.75 Å². The van der Waals surface area contributed by atoms with Crippen LogP contribution in [0.25, 0.3) is 0 Å². The molecule has 2 aromatic carbocycles. The van der Waals surface area contributed by atoms with Crippen LogP contribution in [0.2, 0.25) is 0 Å². The largest absolute Gasteiger partial charge is 0.488 e. The quantitative estimate of drug-likeness (QED) is 0.849. The lowest BCUT2D eigenvalue weighted by atomic mass is 10.1. The summed E-state index contributed by atoms with van der Waals surface area (Å²) in [7, 11) is 0. The van der Waals surface area contributed by atoms with Gasteiger partial charge in [-0.2, -0.15) is 0 Å². The van der Waals surface area contributed by atoms with Crippen LogP contribution in [-0.2, 0) is 13.2 Å². The average molecular weight is 283 g/mol. The summed E-state index contributed by atoms with van der Waals surface area (Å²) in [6, 6.07) is 15.3. The third kappa shape index (κ3) is 4.61. The van der Waals surface area contributed by atoms with Crippen molar-refractivity contribution >= 4 is 0 Å². The lowest BCUT2D eigenvalue weighted by Gasteiger charge is -2.16. The molecule has 2 nitrogen and oxygen atoms in total.